The van der Waals surface area contributed by atoms with Crippen LogP contribution in [0.2, 0.25) is 0 Å². The molecule has 600 valence electrons. The van der Waals surface area contributed by atoms with Crippen LogP contribution in [0, 0.1) is 24.8 Å². The van der Waals surface area contributed by atoms with Crippen LogP contribution in [-0.4, -0.2) is 233 Å². The summed E-state index contributed by atoms with van der Waals surface area (Å²) in [4.78, 5) is 129. The van der Waals surface area contributed by atoms with Crippen molar-refractivity contribution in [1.82, 2.24) is 41.3 Å². The van der Waals surface area contributed by atoms with Crippen molar-refractivity contribution in [3.05, 3.63) is 122 Å². The van der Waals surface area contributed by atoms with Crippen molar-refractivity contribution in [1.29, 1.82) is 10.8 Å². The van der Waals surface area contributed by atoms with E-state index in [4.69, 9.17) is 71.4 Å². The number of halogens is 4. The molecule has 10 amide bonds. The van der Waals surface area contributed by atoms with Gasteiger partial charge in [-0.15, -0.1) is 52.8 Å². The predicted molar refractivity (Wildman–Crippen MR) is 411 cm³/mol. The smallest absolute Gasteiger partial charge is 0.326 e. The minimum Gasteiger partial charge on any atom is -0.508 e. The Hall–Kier alpha value is -1.43. The number of methoxy groups -OCH3 is 3. The fraction of sp³-hybridized carbons (Fsp3) is 0.521. The molecular formula is C73H110Cl4N12O15Y6-2. The van der Waals surface area contributed by atoms with E-state index in [0.717, 1.165) is 108 Å². The zero-order valence-corrected chi connectivity index (χ0v) is 83.6. The molecule has 0 saturated carbocycles. The maximum absolute atomic E-state index is 11.7. The molecule has 3 aliphatic heterocycles. The quantitative estimate of drug-likeness (QED) is 0.0103. The second kappa shape index (κ2) is 80.0. The van der Waals surface area contributed by atoms with Gasteiger partial charge in [0.1, 0.15) is 6.04 Å². The number of amides is 10. The van der Waals surface area contributed by atoms with Crippen molar-refractivity contribution < 1.29 is 268 Å². The van der Waals surface area contributed by atoms with Crippen LogP contribution in [0.15, 0.2) is 97.3 Å². The molecule has 2 aromatic carbocycles. The molecule has 1 unspecified atom stereocenters. The Labute approximate surface area is 822 Å². The molecular weight excluding hydrogens is 1960 g/mol. The van der Waals surface area contributed by atoms with Gasteiger partial charge in [0.15, 0.2) is 5.91 Å². The van der Waals surface area contributed by atoms with Gasteiger partial charge in [-0.1, -0.05) is 44.7 Å². The van der Waals surface area contributed by atoms with E-state index in [1.165, 1.54) is 56.1 Å². The van der Waals surface area contributed by atoms with Crippen LogP contribution in [0.25, 0.3) is 0 Å². The van der Waals surface area contributed by atoms with Crippen LogP contribution in [0.1, 0.15) is 108 Å². The molecule has 37 heteroatoms. The average Bonchev–Trinajstić information content (AvgIpc) is 1.29. The normalized spacial score (nSPS) is 11.8. The average molecular weight is 2070 g/mol. The number of carbonyl (C=O) groups is 11. The largest absolute Gasteiger partial charge is 0.508 e. The van der Waals surface area contributed by atoms with Gasteiger partial charge in [0.25, 0.3) is 35.4 Å². The summed E-state index contributed by atoms with van der Waals surface area (Å²) in [5, 5.41) is 37.4. The molecule has 0 aliphatic carbocycles. The molecule has 0 bridgehead atoms. The Morgan fingerprint density at radius 2 is 0.864 bits per heavy atom. The summed E-state index contributed by atoms with van der Waals surface area (Å²) >= 11 is 23.4. The monoisotopic (exact) mass is 2070 g/mol. The number of hydrogen-bond donors (Lipinski definition) is 8. The maximum atomic E-state index is 11.7. The summed E-state index contributed by atoms with van der Waals surface area (Å²) in [7, 11) is 11.1. The molecule has 5 rings (SSSR count). The number of aryl methyl sites for hydroxylation is 2. The van der Waals surface area contributed by atoms with Crippen LogP contribution < -0.4 is 36.4 Å². The summed E-state index contributed by atoms with van der Waals surface area (Å²) in [5.74, 6) is -1.34. The van der Waals surface area contributed by atoms with Crippen LogP contribution >= 0.6 is 46.4 Å². The Kier molecular flexibility index (Phi) is 90.3. The van der Waals surface area contributed by atoms with Crippen LogP contribution in [-0.2, 0) is 276 Å². The van der Waals surface area contributed by atoms with Crippen molar-refractivity contribution in [3.8, 4) is 0 Å². The first-order chi connectivity index (χ1) is 49.4. The molecule has 0 fully saturated rings. The van der Waals surface area contributed by atoms with E-state index in [-0.39, 0.29) is 302 Å². The number of benzene rings is 2. The number of unbranched alkanes of at least 4 members (excludes halogenated alkanes) is 1. The van der Waals surface area contributed by atoms with E-state index < -0.39 is 12.0 Å². The number of alkyl halides is 4. The molecule has 0 aromatic heterocycles. The topological polar surface area (TPSA) is 360 Å². The number of carbonyl (C=O) groups excluding carboxylic acids is 10. The third-order valence-corrected chi connectivity index (χ3v) is 15.7. The number of nitrogens with zero attached hydrogens (tertiary/aromatic N) is 5. The second-order valence-electron chi connectivity index (χ2n) is 22.6. The number of rotatable bonds is 45. The van der Waals surface area contributed by atoms with Gasteiger partial charge < -0.3 is 73.4 Å². The van der Waals surface area contributed by atoms with Gasteiger partial charge in [-0.3, -0.25) is 69.7 Å². The molecule has 0 saturated heterocycles. The predicted octanol–water partition coefficient (Wildman–Crippen LogP) is 7.71. The first kappa shape index (κ1) is 124. The molecule has 27 nitrogen and oxygen atoms in total. The number of anilines is 2. The third kappa shape index (κ3) is 60.1. The SMILES string of the molecule is C.C=C(CCc1ccc(N(CCCl)CCCl)cc1)NC(CCCCC(=N)CCOC)C(=O)O.CNC(=O)CCN1C(=O)C=CC1=O.CNC(=O)CCN1C(=O)C=CC1=O.COCCCNC(=O)CCCc1ccc(N(CCCl)CCCl)cc1.[CH2-]CC(=N)CCOC.[CH2-]NC(=O)CCN1C(=O)C=CC1=O.[Y].[Y].[Y].[Y].[Y].[Y]. The Morgan fingerprint density at radius 1 is 0.500 bits per heavy atom. The second-order valence-corrected chi connectivity index (χ2v) is 24.1. The van der Waals surface area contributed by atoms with E-state index in [1.807, 2.05) is 0 Å². The summed E-state index contributed by atoms with van der Waals surface area (Å²) in [6.45, 7) is 13.6. The summed E-state index contributed by atoms with van der Waals surface area (Å²) in [6, 6.07) is 16.0. The van der Waals surface area contributed by atoms with Gasteiger partial charge in [0, 0.05) is 412 Å². The van der Waals surface area contributed by atoms with Gasteiger partial charge in [0.2, 0.25) is 17.7 Å². The van der Waals surface area contributed by atoms with Crippen molar-refractivity contribution in [2.24, 2.45) is 0 Å². The summed E-state index contributed by atoms with van der Waals surface area (Å²) < 4.78 is 14.7. The van der Waals surface area contributed by atoms with E-state index in [1.54, 1.807) is 21.3 Å². The number of aliphatic carboxylic acids is 1. The third-order valence-electron chi connectivity index (χ3n) is 15.0. The van der Waals surface area contributed by atoms with E-state index in [9.17, 15) is 57.8 Å². The molecule has 1 atom stereocenters. The van der Waals surface area contributed by atoms with Crippen LogP contribution in [0.4, 0.5) is 11.4 Å². The Bertz CT molecular complexity index is 2880. The summed E-state index contributed by atoms with van der Waals surface area (Å²) in [6.07, 6.45) is 16.8. The van der Waals surface area contributed by atoms with Crippen LogP contribution in [0.3, 0.4) is 0 Å². The Balaban J connectivity index is -0.000000197. The first-order valence-corrected chi connectivity index (χ1v) is 35.8. The van der Waals surface area contributed by atoms with E-state index in [2.05, 4.69) is 105 Å². The Morgan fingerprint density at radius 3 is 1.20 bits per heavy atom. The van der Waals surface area contributed by atoms with Crippen LogP contribution in [0.5, 0.6) is 0 Å². The van der Waals surface area contributed by atoms with E-state index >= 15 is 0 Å². The standard InChI is InChI=1S/C24H37Cl2N3O3.C18H28Cl2N2O2.2C8H10N2O3.C8H9N2O3.C6H12NO.CH4.6Y/c1-19(28-23(24(30)31)6-4-3-5-21(27)13-18-32-2)7-8-20-9-11-22(12-10-20)29(16-14-25)17-15-26;1-24-15-3-12-21-18(23)5-2-4-16-6-8-17(9-7-16)22(13-10-19)14-11-20;3*1-9-6(11)4-5-10-7(12)2-3-8(10)13;1-3-6(7)4-5-8-2;;;;;;;/h9-12,23,27-28H,1,3-8,13-18H2,2H3,(H,30,31);6-9H,2-5,10-15H2,1H3,(H,21,23);2*2-3H,4-5H2,1H3,(H,9,11);2-3H,1,4-5H2,(H,9,11);7H,1,3-5H2,2H3;1H4;;;;;;/q;;;;2*-1;;;;;;;. The van der Waals surface area contributed by atoms with Gasteiger partial charge in [-0.05, 0) is 92.5 Å². The zero-order chi connectivity index (χ0) is 77.3. The minimum atomic E-state index is -0.872. The van der Waals surface area contributed by atoms with Gasteiger partial charge in [-0.25, -0.2) is 4.79 Å². The number of imide groups is 3. The molecule has 6 radical (unpaired) electrons. The summed E-state index contributed by atoms with van der Waals surface area (Å²) in [5.41, 5.74) is 6.66. The number of ether oxygens (including phenoxy) is 3. The fourth-order valence-corrected chi connectivity index (χ4v) is 9.89. The zero-order valence-electron chi connectivity index (χ0n) is 63.6. The molecule has 3 aliphatic rings. The van der Waals surface area contributed by atoms with Gasteiger partial charge in [-0.2, -0.15) is 0 Å². The number of carboxylic acids is 1. The van der Waals surface area contributed by atoms with Crippen molar-refractivity contribution >= 4 is 134 Å². The molecule has 8 N–H and O–H groups in total. The van der Waals surface area contributed by atoms with Crippen molar-refractivity contribution in [2.45, 2.75) is 116 Å². The number of hydrogen-bond acceptors (Lipinski definition) is 19. The first-order valence-electron chi connectivity index (χ1n) is 33.7. The van der Waals surface area contributed by atoms with Gasteiger partial charge >= 0.3 is 5.97 Å². The number of nitrogens with one attached hydrogen (secondary N) is 7. The fourth-order valence-electron chi connectivity index (χ4n) is 9.07. The number of allylic oxidation sites excluding steroid dienone is 1. The van der Waals surface area contributed by atoms with Gasteiger partial charge in [0.05, 0.1) is 13.2 Å². The molecule has 2 aromatic rings. The van der Waals surface area contributed by atoms with Crippen molar-refractivity contribution in [3.63, 3.8) is 0 Å². The molecule has 110 heavy (non-hydrogen) atoms. The minimum absolute atomic E-state index is 0. The van der Waals surface area contributed by atoms with E-state index in [0.29, 0.717) is 99.8 Å². The van der Waals surface area contributed by atoms with Crippen molar-refractivity contribution in [2.75, 3.05) is 141 Å². The molecule has 3 heterocycles. The number of carboxylic acid groups (broad SMARTS) is 1. The molecule has 0 spiro atoms. The maximum Gasteiger partial charge on any atom is 0.326 e.